The molecule has 0 atom stereocenters. The number of carbonyl (C=O) groups is 1. The molecule has 110 valence electrons. The van der Waals surface area contributed by atoms with Crippen molar-refractivity contribution in [2.24, 2.45) is 0 Å². The van der Waals surface area contributed by atoms with E-state index in [1.165, 1.54) is 12.1 Å². The van der Waals surface area contributed by atoms with Crippen LogP contribution in [-0.2, 0) is 0 Å². The number of carbonyl (C=O) groups excluding carboxylic acids is 1. The summed E-state index contributed by atoms with van der Waals surface area (Å²) in [7, 11) is 0. The molecular weight excluding hydrogens is 406 g/mol. The fourth-order valence-electron chi connectivity index (χ4n) is 1.53. The predicted octanol–water partition coefficient (Wildman–Crippen LogP) is 3.46. The van der Waals surface area contributed by atoms with Crippen molar-refractivity contribution in [2.75, 3.05) is 18.4 Å². The Bertz CT molecular complexity index is 514. The molecule has 1 rings (SSSR count). The van der Waals surface area contributed by atoms with Gasteiger partial charge in [0.05, 0.1) is 11.5 Å². The Morgan fingerprint density at radius 3 is 2.55 bits per heavy atom. The van der Waals surface area contributed by atoms with Gasteiger partial charge in [0.1, 0.15) is 0 Å². The molecule has 0 heterocycles. The molecule has 0 aliphatic carbocycles. The van der Waals surface area contributed by atoms with Crippen molar-refractivity contribution in [1.29, 1.82) is 0 Å². The predicted molar refractivity (Wildman–Crippen MR) is 76.5 cm³/mol. The van der Waals surface area contributed by atoms with Gasteiger partial charge in [0.15, 0.2) is 0 Å². The summed E-state index contributed by atoms with van der Waals surface area (Å²) in [5.41, 5.74) is -0.286. The van der Waals surface area contributed by atoms with Gasteiger partial charge in [-0.1, -0.05) is 31.9 Å². The molecule has 1 amide bonds. The number of nitrogens with zero attached hydrogens (tertiary/aromatic N) is 2. The highest BCUT2D eigenvalue weighted by molar-refractivity contribution is 9.10. The zero-order valence-electron chi connectivity index (χ0n) is 10.1. The molecule has 9 heteroatoms. The van der Waals surface area contributed by atoms with Crippen LogP contribution in [-0.4, -0.2) is 40.6 Å². The van der Waals surface area contributed by atoms with Crippen LogP contribution >= 0.6 is 31.9 Å². The van der Waals surface area contributed by atoms with E-state index < -0.39 is 23.8 Å². The monoisotopic (exact) mass is 414 g/mol. The summed E-state index contributed by atoms with van der Waals surface area (Å²) in [5, 5.41) is 11.1. The highest BCUT2D eigenvalue weighted by Gasteiger charge is 2.21. The minimum atomic E-state index is -2.67. The fraction of sp³-hybridized carbons (Fsp3) is 0.364. The van der Waals surface area contributed by atoms with E-state index >= 15 is 0 Å². The van der Waals surface area contributed by atoms with Crippen LogP contribution < -0.4 is 0 Å². The summed E-state index contributed by atoms with van der Waals surface area (Å²) in [6.07, 6.45) is -2.67. The van der Waals surface area contributed by atoms with Gasteiger partial charge in [-0.15, -0.1) is 0 Å². The number of rotatable bonds is 6. The minimum absolute atomic E-state index is 0.00678. The Kier molecular flexibility index (Phi) is 6.47. The van der Waals surface area contributed by atoms with E-state index in [0.717, 1.165) is 11.0 Å². The van der Waals surface area contributed by atoms with Crippen molar-refractivity contribution in [1.82, 2.24) is 4.90 Å². The highest BCUT2D eigenvalue weighted by Crippen LogP contribution is 2.22. The van der Waals surface area contributed by atoms with Gasteiger partial charge in [0.2, 0.25) is 0 Å². The first-order chi connectivity index (χ1) is 9.35. The molecule has 0 unspecified atom stereocenters. The van der Waals surface area contributed by atoms with Gasteiger partial charge in [0.25, 0.3) is 18.0 Å². The third-order valence-corrected chi connectivity index (χ3v) is 3.15. The third-order valence-electron chi connectivity index (χ3n) is 2.34. The molecule has 0 N–H and O–H groups in total. The molecule has 0 aliphatic rings. The van der Waals surface area contributed by atoms with Gasteiger partial charge < -0.3 is 4.90 Å². The van der Waals surface area contributed by atoms with Crippen molar-refractivity contribution < 1.29 is 18.5 Å². The van der Waals surface area contributed by atoms with Crippen LogP contribution in [0.1, 0.15) is 10.4 Å². The van der Waals surface area contributed by atoms with Crippen LogP contribution in [0.3, 0.4) is 0 Å². The molecule has 0 aliphatic heterocycles. The fourth-order valence-corrected chi connectivity index (χ4v) is 2.44. The van der Waals surface area contributed by atoms with Crippen LogP contribution in [0.25, 0.3) is 0 Å². The van der Waals surface area contributed by atoms with E-state index in [1.807, 2.05) is 0 Å². The first-order valence-electron chi connectivity index (χ1n) is 5.43. The molecule has 1 aromatic carbocycles. The zero-order chi connectivity index (χ0) is 15.3. The lowest BCUT2D eigenvalue weighted by Crippen LogP contribution is -2.36. The molecule has 0 aromatic heterocycles. The second-order valence-electron chi connectivity index (χ2n) is 3.79. The Morgan fingerprint density at radius 1 is 1.40 bits per heavy atom. The quantitative estimate of drug-likeness (QED) is 0.406. The molecule has 1 aromatic rings. The topological polar surface area (TPSA) is 63.4 Å². The largest absolute Gasteiger partial charge is 0.332 e. The molecule has 20 heavy (non-hydrogen) atoms. The van der Waals surface area contributed by atoms with E-state index in [9.17, 15) is 23.7 Å². The summed E-state index contributed by atoms with van der Waals surface area (Å²) in [6, 6.07) is 3.67. The number of halogens is 4. The lowest BCUT2D eigenvalue weighted by molar-refractivity contribution is -0.385. The van der Waals surface area contributed by atoms with Crippen molar-refractivity contribution in [2.45, 2.75) is 6.43 Å². The van der Waals surface area contributed by atoms with Gasteiger partial charge in [-0.2, -0.15) is 0 Å². The molecule has 0 radical (unpaired) electrons. The molecule has 0 bridgehead atoms. The Morgan fingerprint density at radius 2 is 2.05 bits per heavy atom. The maximum absolute atomic E-state index is 12.4. The standard InChI is InChI=1S/C11H10Br2F2N2O3/c12-1-2-16(6-10(14)15)11(18)7-3-8(13)5-9(4-7)17(19)20/h3-5,10H,1-2,6H2. The van der Waals surface area contributed by atoms with Gasteiger partial charge in [-0.3, -0.25) is 14.9 Å². The van der Waals surface area contributed by atoms with E-state index in [1.54, 1.807) is 0 Å². The number of non-ortho nitro benzene ring substituents is 1. The van der Waals surface area contributed by atoms with Crippen LogP contribution in [0.15, 0.2) is 22.7 Å². The van der Waals surface area contributed by atoms with Gasteiger partial charge >= 0.3 is 0 Å². The lowest BCUT2D eigenvalue weighted by Gasteiger charge is -2.21. The Balaban J connectivity index is 3.07. The lowest BCUT2D eigenvalue weighted by atomic mass is 10.1. The van der Waals surface area contributed by atoms with E-state index in [-0.39, 0.29) is 17.8 Å². The highest BCUT2D eigenvalue weighted by atomic mass is 79.9. The minimum Gasteiger partial charge on any atom is -0.332 e. The smallest absolute Gasteiger partial charge is 0.271 e. The number of nitro benzene ring substituents is 1. The molecule has 0 spiro atoms. The summed E-state index contributed by atoms with van der Waals surface area (Å²) >= 11 is 6.13. The van der Waals surface area contributed by atoms with Crippen LogP contribution in [0.4, 0.5) is 14.5 Å². The maximum atomic E-state index is 12.4. The normalized spacial score (nSPS) is 10.7. The molecule has 0 fully saturated rings. The maximum Gasteiger partial charge on any atom is 0.271 e. The number of amides is 1. The van der Waals surface area contributed by atoms with E-state index in [0.29, 0.717) is 9.80 Å². The zero-order valence-corrected chi connectivity index (χ0v) is 13.2. The number of alkyl halides is 3. The van der Waals surface area contributed by atoms with Crippen molar-refractivity contribution >= 4 is 43.5 Å². The van der Waals surface area contributed by atoms with Gasteiger partial charge in [-0.25, -0.2) is 8.78 Å². The van der Waals surface area contributed by atoms with E-state index in [2.05, 4.69) is 31.9 Å². The molecule has 0 saturated heterocycles. The van der Waals surface area contributed by atoms with Crippen LogP contribution in [0, 0.1) is 10.1 Å². The molecular formula is C11H10Br2F2N2O3. The van der Waals surface area contributed by atoms with E-state index in [4.69, 9.17) is 0 Å². The van der Waals surface area contributed by atoms with Gasteiger partial charge in [0, 0.05) is 34.0 Å². The van der Waals surface area contributed by atoms with Crippen molar-refractivity contribution in [3.63, 3.8) is 0 Å². The number of benzene rings is 1. The molecule has 5 nitrogen and oxygen atoms in total. The number of hydrogen-bond donors (Lipinski definition) is 0. The number of hydrogen-bond acceptors (Lipinski definition) is 3. The Labute approximate surface area is 130 Å². The SMILES string of the molecule is O=C(c1cc(Br)cc([N+](=O)[O-])c1)N(CCBr)CC(F)F. The summed E-state index contributed by atoms with van der Waals surface area (Å²) in [5.74, 6) is -0.672. The summed E-state index contributed by atoms with van der Waals surface area (Å²) in [4.78, 5) is 23.2. The second-order valence-corrected chi connectivity index (χ2v) is 5.50. The Hall–Kier alpha value is -1.09. The van der Waals surface area contributed by atoms with Crippen LogP contribution in [0.5, 0.6) is 0 Å². The average Bonchev–Trinajstić information content (AvgIpc) is 2.36. The van der Waals surface area contributed by atoms with Crippen molar-refractivity contribution in [3.05, 3.63) is 38.3 Å². The molecule has 0 saturated carbocycles. The summed E-state index contributed by atoms with van der Waals surface area (Å²) in [6.45, 7) is -0.631. The second kappa shape index (κ2) is 7.63. The summed E-state index contributed by atoms with van der Waals surface area (Å²) < 4.78 is 25.2. The number of nitro groups is 1. The average molecular weight is 416 g/mol. The van der Waals surface area contributed by atoms with Gasteiger partial charge in [-0.05, 0) is 6.07 Å². The van der Waals surface area contributed by atoms with Crippen molar-refractivity contribution in [3.8, 4) is 0 Å². The van der Waals surface area contributed by atoms with Crippen LogP contribution in [0.2, 0.25) is 0 Å². The third kappa shape index (κ3) is 4.78. The first kappa shape index (κ1) is 17.0. The first-order valence-corrected chi connectivity index (χ1v) is 7.35.